The molecule has 0 aliphatic rings. The Hall–Kier alpha value is -1.19. The summed E-state index contributed by atoms with van der Waals surface area (Å²) in [5.41, 5.74) is 1.01. The third kappa shape index (κ3) is 3.27. The zero-order valence-electron chi connectivity index (χ0n) is 6.68. The van der Waals surface area contributed by atoms with Crippen LogP contribution >= 0.6 is 11.6 Å². The average molecular weight is 177 g/mol. The van der Waals surface area contributed by atoms with Crippen LogP contribution in [-0.2, 0) is 0 Å². The van der Waals surface area contributed by atoms with Crippen LogP contribution in [-0.4, -0.2) is 0 Å². The third-order valence-electron chi connectivity index (χ3n) is 1.29. The molecule has 0 saturated heterocycles. The number of rotatable bonds is 1. The standard InChI is InChI=1S/C11H9Cl/c1-10(12)6-5-9-11-7-3-2-4-8-11/h2-4,7-8H,1,6H2. The van der Waals surface area contributed by atoms with Gasteiger partial charge in [-0.1, -0.05) is 48.2 Å². The lowest BCUT2D eigenvalue weighted by Crippen LogP contribution is -1.71. The Bertz CT molecular complexity index is 314. The van der Waals surface area contributed by atoms with Crippen molar-refractivity contribution in [1.82, 2.24) is 0 Å². The van der Waals surface area contributed by atoms with Crippen molar-refractivity contribution in [2.24, 2.45) is 0 Å². The van der Waals surface area contributed by atoms with Crippen LogP contribution in [0.25, 0.3) is 0 Å². The molecule has 0 nitrogen and oxygen atoms in total. The molecular formula is C11H9Cl. The van der Waals surface area contributed by atoms with E-state index in [0.717, 1.165) is 5.56 Å². The Balaban J connectivity index is 2.61. The second kappa shape index (κ2) is 4.64. The molecule has 0 atom stereocenters. The molecule has 1 aromatic rings. The van der Waals surface area contributed by atoms with Crippen molar-refractivity contribution in [3.63, 3.8) is 0 Å². The van der Waals surface area contributed by atoms with E-state index >= 15 is 0 Å². The zero-order chi connectivity index (χ0) is 8.81. The highest BCUT2D eigenvalue weighted by atomic mass is 35.5. The van der Waals surface area contributed by atoms with Gasteiger partial charge in [0.15, 0.2) is 0 Å². The van der Waals surface area contributed by atoms with Gasteiger partial charge in [0.2, 0.25) is 0 Å². The zero-order valence-corrected chi connectivity index (χ0v) is 7.43. The first-order chi connectivity index (χ1) is 5.79. The van der Waals surface area contributed by atoms with Gasteiger partial charge < -0.3 is 0 Å². The Morgan fingerprint density at radius 2 is 2.00 bits per heavy atom. The van der Waals surface area contributed by atoms with Crippen molar-refractivity contribution < 1.29 is 0 Å². The molecule has 1 rings (SSSR count). The van der Waals surface area contributed by atoms with Gasteiger partial charge in [-0.25, -0.2) is 0 Å². The molecule has 0 unspecified atom stereocenters. The normalized spacial score (nSPS) is 8.42. The van der Waals surface area contributed by atoms with E-state index < -0.39 is 0 Å². The molecule has 0 radical (unpaired) electrons. The summed E-state index contributed by atoms with van der Waals surface area (Å²) in [6.07, 6.45) is 0.552. The second-order valence-electron chi connectivity index (χ2n) is 2.36. The quantitative estimate of drug-likeness (QED) is 0.577. The lowest BCUT2D eigenvalue weighted by Gasteiger charge is -1.86. The van der Waals surface area contributed by atoms with E-state index in [1.807, 2.05) is 30.3 Å². The van der Waals surface area contributed by atoms with Gasteiger partial charge in [-0.2, -0.15) is 0 Å². The molecule has 1 aromatic carbocycles. The van der Waals surface area contributed by atoms with Gasteiger partial charge in [-0.05, 0) is 12.1 Å². The van der Waals surface area contributed by atoms with E-state index in [4.69, 9.17) is 11.6 Å². The second-order valence-corrected chi connectivity index (χ2v) is 2.90. The average Bonchev–Trinajstić information content (AvgIpc) is 2.05. The molecule has 0 saturated carbocycles. The molecular weight excluding hydrogens is 168 g/mol. The molecule has 1 heteroatoms. The van der Waals surface area contributed by atoms with Crippen LogP contribution in [0.2, 0.25) is 0 Å². The Morgan fingerprint density at radius 3 is 2.58 bits per heavy atom. The molecule has 0 aliphatic carbocycles. The largest absolute Gasteiger partial charge is 0.0922 e. The van der Waals surface area contributed by atoms with Crippen molar-refractivity contribution in [3.05, 3.63) is 47.5 Å². The number of halogens is 1. The molecule has 0 spiro atoms. The first-order valence-electron chi connectivity index (χ1n) is 3.66. The molecule has 60 valence electrons. The minimum Gasteiger partial charge on any atom is -0.0922 e. The number of allylic oxidation sites excluding steroid dienone is 1. The molecule has 0 N–H and O–H groups in total. The van der Waals surface area contributed by atoms with Gasteiger partial charge in [-0.15, -0.1) is 0 Å². The van der Waals surface area contributed by atoms with Gasteiger partial charge >= 0.3 is 0 Å². The van der Waals surface area contributed by atoms with Crippen molar-refractivity contribution in [2.45, 2.75) is 6.42 Å². The van der Waals surface area contributed by atoms with E-state index in [9.17, 15) is 0 Å². The lowest BCUT2D eigenvalue weighted by atomic mass is 10.2. The molecule has 12 heavy (non-hydrogen) atoms. The van der Waals surface area contributed by atoms with E-state index in [2.05, 4.69) is 18.4 Å². The maximum atomic E-state index is 5.55. The summed E-state index contributed by atoms with van der Waals surface area (Å²) in [7, 11) is 0. The maximum Gasteiger partial charge on any atom is 0.0446 e. The van der Waals surface area contributed by atoms with Crippen LogP contribution in [0.4, 0.5) is 0 Å². The Kier molecular flexibility index (Phi) is 3.44. The summed E-state index contributed by atoms with van der Waals surface area (Å²) in [4.78, 5) is 0. The summed E-state index contributed by atoms with van der Waals surface area (Å²) in [6.45, 7) is 3.55. The van der Waals surface area contributed by atoms with Crippen LogP contribution in [0.5, 0.6) is 0 Å². The Labute approximate surface area is 77.9 Å². The molecule has 0 aliphatic heterocycles. The highest BCUT2D eigenvalue weighted by Crippen LogP contribution is 2.01. The fourth-order valence-electron chi connectivity index (χ4n) is 0.764. The Morgan fingerprint density at radius 1 is 1.33 bits per heavy atom. The van der Waals surface area contributed by atoms with Crippen LogP contribution in [0.1, 0.15) is 12.0 Å². The van der Waals surface area contributed by atoms with Crippen LogP contribution < -0.4 is 0 Å². The van der Waals surface area contributed by atoms with Gasteiger partial charge in [-0.3, -0.25) is 0 Å². The van der Waals surface area contributed by atoms with Crippen molar-refractivity contribution >= 4 is 11.6 Å². The first kappa shape index (κ1) is 8.90. The number of hydrogen-bond donors (Lipinski definition) is 0. The predicted octanol–water partition coefficient (Wildman–Crippen LogP) is 3.18. The highest BCUT2D eigenvalue weighted by molar-refractivity contribution is 6.29. The van der Waals surface area contributed by atoms with E-state index in [0.29, 0.717) is 11.5 Å². The molecule has 0 heterocycles. The predicted molar refractivity (Wildman–Crippen MR) is 52.9 cm³/mol. The molecule has 0 aromatic heterocycles. The van der Waals surface area contributed by atoms with Gasteiger partial charge in [0.05, 0.1) is 0 Å². The summed E-state index contributed by atoms with van der Waals surface area (Å²) in [6, 6.07) is 9.80. The number of hydrogen-bond acceptors (Lipinski definition) is 0. The SMILES string of the molecule is C=C(Cl)CC#Cc1ccccc1. The minimum absolute atomic E-state index is 0.552. The van der Waals surface area contributed by atoms with Crippen LogP contribution in [0, 0.1) is 11.8 Å². The molecule has 0 bridgehead atoms. The van der Waals surface area contributed by atoms with Gasteiger partial charge in [0, 0.05) is 17.0 Å². The van der Waals surface area contributed by atoms with Crippen LogP contribution in [0.3, 0.4) is 0 Å². The van der Waals surface area contributed by atoms with Gasteiger partial charge in [0.25, 0.3) is 0 Å². The van der Waals surface area contributed by atoms with E-state index in [-0.39, 0.29) is 0 Å². The summed E-state index contributed by atoms with van der Waals surface area (Å²) in [5.74, 6) is 5.90. The van der Waals surface area contributed by atoms with Crippen molar-refractivity contribution in [1.29, 1.82) is 0 Å². The minimum atomic E-state index is 0.552. The van der Waals surface area contributed by atoms with E-state index in [1.54, 1.807) is 0 Å². The van der Waals surface area contributed by atoms with E-state index in [1.165, 1.54) is 0 Å². The fraction of sp³-hybridized carbons (Fsp3) is 0.0909. The molecule has 0 fully saturated rings. The summed E-state index contributed by atoms with van der Waals surface area (Å²) in [5, 5.41) is 0.582. The topological polar surface area (TPSA) is 0 Å². The molecule has 0 amide bonds. The third-order valence-corrected chi connectivity index (χ3v) is 1.42. The summed E-state index contributed by atoms with van der Waals surface area (Å²) >= 11 is 5.55. The lowest BCUT2D eigenvalue weighted by molar-refractivity contribution is 1.44. The van der Waals surface area contributed by atoms with Gasteiger partial charge in [0.1, 0.15) is 0 Å². The monoisotopic (exact) mass is 176 g/mol. The van der Waals surface area contributed by atoms with Crippen molar-refractivity contribution in [3.8, 4) is 11.8 Å². The summed E-state index contributed by atoms with van der Waals surface area (Å²) < 4.78 is 0. The van der Waals surface area contributed by atoms with Crippen molar-refractivity contribution in [2.75, 3.05) is 0 Å². The smallest absolute Gasteiger partial charge is 0.0446 e. The number of benzene rings is 1. The highest BCUT2D eigenvalue weighted by Gasteiger charge is 1.82. The maximum absolute atomic E-state index is 5.55. The first-order valence-corrected chi connectivity index (χ1v) is 4.04. The fourth-order valence-corrected chi connectivity index (χ4v) is 0.830. The van der Waals surface area contributed by atoms with Crippen LogP contribution in [0.15, 0.2) is 41.9 Å².